The van der Waals surface area contributed by atoms with Gasteiger partial charge in [0.05, 0.1) is 29.8 Å². The van der Waals surface area contributed by atoms with Crippen molar-refractivity contribution in [1.82, 2.24) is 19.0 Å². The second-order valence-corrected chi connectivity index (χ2v) is 9.95. The summed E-state index contributed by atoms with van der Waals surface area (Å²) in [6, 6.07) is 7.33. The minimum atomic E-state index is -3.52. The quantitative estimate of drug-likeness (QED) is 0.760. The Morgan fingerprint density at radius 2 is 1.96 bits per heavy atom. The zero-order valence-electron chi connectivity index (χ0n) is 16.7. The maximum atomic E-state index is 13.2. The molecule has 0 amide bonds. The largest absolute Gasteiger partial charge is 0.374 e. The Labute approximate surface area is 166 Å². The van der Waals surface area contributed by atoms with Crippen molar-refractivity contribution < 1.29 is 13.2 Å². The lowest BCUT2D eigenvalue weighted by molar-refractivity contribution is -0.0502. The van der Waals surface area contributed by atoms with E-state index in [1.165, 1.54) is 0 Å². The third-order valence-electron chi connectivity index (χ3n) is 5.71. The van der Waals surface area contributed by atoms with Crippen LogP contribution in [0.25, 0.3) is 0 Å². The molecular formula is C20H28N4O3S. The fourth-order valence-corrected chi connectivity index (χ4v) is 5.55. The Bertz CT molecular complexity index is 923. The van der Waals surface area contributed by atoms with E-state index in [0.717, 1.165) is 24.2 Å². The van der Waals surface area contributed by atoms with Crippen LogP contribution in [-0.2, 0) is 28.4 Å². The maximum Gasteiger partial charge on any atom is 0.243 e. The summed E-state index contributed by atoms with van der Waals surface area (Å²) in [6.07, 6.45) is 3.78. The molecule has 2 aliphatic rings. The van der Waals surface area contributed by atoms with Crippen LogP contribution in [0.4, 0.5) is 0 Å². The van der Waals surface area contributed by atoms with Crippen LogP contribution >= 0.6 is 0 Å². The van der Waals surface area contributed by atoms with Crippen molar-refractivity contribution in [2.75, 3.05) is 26.2 Å². The van der Waals surface area contributed by atoms with Crippen LogP contribution in [-0.4, -0.2) is 65.8 Å². The van der Waals surface area contributed by atoms with Gasteiger partial charge in [-0.05, 0) is 23.6 Å². The number of rotatable bonds is 5. The van der Waals surface area contributed by atoms with Gasteiger partial charge >= 0.3 is 0 Å². The lowest BCUT2D eigenvalue weighted by Crippen LogP contribution is -2.50. The normalized spacial score (nSPS) is 24.0. The van der Waals surface area contributed by atoms with Crippen LogP contribution in [0.1, 0.15) is 30.9 Å². The second-order valence-electron chi connectivity index (χ2n) is 8.02. The molecule has 2 aromatic rings. The van der Waals surface area contributed by atoms with E-state index in [-0.39, 0.29) is 12.1 Å². The number of ether oxygens (including phenoxy) is 1. The van der Waals surface area contributed by atoms with E-state index in [1.54, 1.807) is 21.1 Å². The number of fused-ring (bicyclic) bond motifs is 1. The minimum Gasteiger partial charge on any atom is -0.374 e. The highest BCUT2D eigenvalue weighted by molar-refractivity contribution is 7.89. The van der Waals surface area contributed by atoms with Gasteiger partial charge in [-0.2, -0.15) is 9.40 Å². The van der Waals surface area contributed by atoms with Crippen molar-refractivity contribution in [3.63, 3.8) is 0 Å². The number of hydrogen-bond acceptors (Lipinski definition) is 5. The molecule has 8 heteroatoms. The first-order chi connectivity index (χ1) is 13.3. The number of nitrogens with zero attached hydrogens (tertiary/aromatic N) is 4. The summed E-state index contributed by atoms with van der Waals surface area (Å²) in [5.74, 6) is 0.376. The van der Waals surface area contributed by atoms with Crippen molar-refractivity contribution in [3.05, 3.63) is 47.8 Å². The first-order valence-corrected chi connectivity index (χ1v) is 11.2. The number of aromatic nitrogens is 2. The zero-order chi connectivity index (χ0) is 19.9. The summed E-state index contributed by atoms with van der Waals surface area (Å²) in [4.78, 5) is 2.68. The predicted molar refractivity (Wildman–Crippen MR) is 106 cm³/mol. The van der Waals surface area contributed by atoms with Crippen LogP contribution in [0.3, 0.4) is 0 Å². The topological polar surface area (TPSA) is 67.7 Å². The molecule has 2 atom stereocenters. The number of aryl methyl sites for hydroxylation is 1. The summed E-state index contributed by atoms with van der Waals surface area (Å²) in [7, 11) is -1.62. The summed E-state index contributed by atoms with van der Waals surface area (Å²) in [5, 5.41) is 4.23. The molecule has 7 nitrogen and oxygen atoms in total. The highest BCUT2D eigenvalue weighted by Gasteiger charge is 2.44. The molecule has 2 fully saturated rings. The predicted octanol–water partition coefficient (Wildman–Crippen LogP) is 1.82. The van der Waals surface area contributed by atoms with Crippen molar-refractivity contribution >= 4 is 10.0 Å². The third kappa shape index (κ3) is 3.74. The molecule has 0 aliphatic carbocycles. The Balaban J connectivity index is 1.51. The van der Waals surface area contributed by atoms with Gasteiger partial charge in [0, 0.05) is 45.0 Å². The van der Waals surface area contributed by atoms with Gasteiger partial charge in [0.2, 0.25) is 10.0 Å². The van der Waals surface area contributed by atoms with E-state index in [1.807, 2.05) is 31.6 Å². The van der Waals surface area contributed by atoms with Crippen molar-refractivity contribution in [1.29, 1.82) is 0 Å². The van der Waals surface area contributed by atoms with Crippen molar-refractivity contribution in [2.24, 2.45) is 7.05 Å². The molecule has 2 aliphatic heterocycles. The molecule has 0 N–H and O–H groups in total. The van der Waals surface area contributed by atoms with Gasteiger partial charge in [-0.1, -0.05) is 26.0 Å². The monoisotopic (exact) mass is 404 g/mol. The lowest BCUT2D eigenvalue weighted by Gasteiger charge is -2.36. The second kappa shape index (κ2) is 7.59. The third-order valence-corrected chi connectivity index (χ3v) is 7.56. The van der Waals surface area contributed by atoms with Crippen LogP contribution in [0, 0.1) is 0 Å². The zero-order valence-corrected chi connectivity index (χ0v) is 17.5. The Hall–Kier alpha value is -1.74. The van der Waals surface area contributed by atoms with Gasteiger partial charge < -0.3 is 4.74 Å². The van der Waals surface area contributed by atoms with E-state index in [9.17, 15) is 8.42 Å². The van der Waals surface area contributed by atoms with E-state index in [0.29, 0.717) is 30.5 Å². The molecule has 28 heavy (non-hydrogen) atoms. The maximum absolute atomic E-state index is 13.2. The van der Waals surface area contributed by atoms with Crippen LogP contribution in [0.15, 0.2) is 41.6 Å². The van der Waals surface area contributed by atoms with Crippen LogP contribution in [0.2, 0.25) is 0 Å². The first-order valence-electron chi connectivity index (χ1n) is 9.78. The average Bonchev–Trinajstić information content (AvgIpc) is 3.29. The molecule has 0 unspecified atom stereocenters. The molecule has 0 radical (unpaired) electrons. The first kappa shape index (κ1) is 19.6. The summed E-state index contributed by atoms with van der Waals surface area (Å²) in [6.45, 7) is 7.24. The van der Waals surface area contributed by atoms with E-state index in [4.69, 9.17) is 4.74 Å². The molecule has 3 heterocycles. The number of sulfonamides is 1. The Morgan fingerprint density at radius 3 is 2.61 bits per heavy atom. The van der Waals surface area contributed by atoms with Crippen molar-refractivity contribution in [2.45, 2.75) is 43.4 Å². The van der Waals surface area contributed by atoms with Crippen LogP contribution < -0.4 is 0 Å². The Morgan fingerprint density at radius 1 is 1.21 bits per heavy atom. The van der Waals surface area contributed by atoms with Gasteiger partial charge in [-0.3, -0.25) is 9.58 Å². The fraction of sp³-hybridized carbons (Fsp3) is 0.550. The van der Waals surface area contributed by atoms with E-state index < -0.39 is 10.0 Å². The lowest BCUT2D eigenvalue weighted by atomic mass is 10.0. The number of hydrogen-bond donors (Lipinski definition) is 0. The summed E-state index contributed by atoms with van der Waals surface area (Å²) < 4.78 is 35.6. The van der Waals surface area contributed by atoms with E-state index >= 15 is 0 Å². The van der Waals surface area contributed by atoms with Crippen LogP contribution in [0.5, 0.6) is 0 Å². The summed E-state index contributed by atoms with van der Waals surface area (Å²) in [5.41, 5.74) is 2.27. The van der Waals surface area contributed by atoms with Gasteiger partial charge in [0.25, 0.3) is 0 Å². The highest BCUT2D eigenvalue weighted by Crippen LogP contribution is 2.29. The molecule has 4 rings (SSSR count). The Kier molecular flexibility index (Phi) is 5.30. The van der Waals surface area contributed by atoms with Gasteiger partial charge in [0.15, 0.2) is 0 Å². The molecule has 152 valence electrons. The molecule has 0 spiro atoms. The molecule has 0 bridgehead atoms. The average molecular weight is 405 g/mol. The SMILES string of the molecule is CC(C)c1ccc(S(=O)(=O)N2C[C@@H]3OCCN(Cc4cnn(C)c4)[C@H]3C2)cc1. The molecule has 2 saturated heterocycles. The van der Waals surface area contributed by atoms with Gasteiger partial charge in [0.1, 0.15) is 0 Å². The van der Waals surface area contributed by atoms with Gasteiger partial charge in [-0.25, -0.2) is 8.42 Å². The molecule has 1 aromatic heterocycles. The minimum absolute atomic E-state index is 0.0682. The van der Waals surface area contributed by atoms with Gasteiger partial charge in [-0.15, -0.1) is 0 Å². The smallest absolute Gasteiger partial charge is 0.243 e. The molecule has 1 aromatic carbocycles. The highest BCUT2D eigenvalue weighted by atomic mass is 32.2. The molecule has 0 saturated carbocycles. The summed E-state index contributed by atoms with van der Waals surface area (Å²) >= 11 is 0. The number of morpholine rings is 1. The molecular weight excluding hydrogens is 376 g/mol. The fourth-order valence-electron chi connectivity index (χ4n) is 4.08. The number of benzene rings is 1. The van der Waals surface area contributed by atoms with Crippen molar-refractivity contribution in [3.8, 4) is 0 Å². The standard InChI is InChI=1S/C20H28N4O3S/c1-15(2)17-4-6-18(7-5-17)28(25,26)24-13-19-20(14-24)27-9-8-23(19)12-16-10-21-22(3)11-16/h4-7,10-11,15,19-20H,8-9,12-14H2,1-3H3/t19-,20-/m0/s1. The van der Waals surface area contributed by atoms with E-state index in [2.05, 4.69) is 23.8 Å².